The van der Waals surface area contributed by atoms with Crippen molar-refractivity contribution in [2.75, 3.05) is 0 Å². The van der Waals surface area contributed by atoms with Gasteiger partial charge in [0.25, 0.3) is 0 Å². The number of unbranched alkanes of at least 4 members (excludes halogenated alkanes) is 3. The van der Waals surface area contributed by atoms with Crippen molar-refractivity contribution in [2.45, 2.75) is 62.7 Å². The van der Waals surface area contributed by atoms with E-state index in [1.54, 1.807) is 6.08 Å². The summed E-state index contributed by atoms with van der Waals surface area (Å²) in [4.78, 5) is 0. The van der Waals surface area contributed by atoms with E-state index in [9.17, 15) is 26.3 Å². The first-order valence-electron chi connectivity index (χ1n) is 10.3. The summed E-state index contributed by atoms with van der Waals surface area (Å²) in [6.45, 7) is 1.99. The average Bonchev–Trinajstić information content (AvgIpc) is 2.75. The molecule has 0 aliphatic heterocycles. The first-order chi connectivity index (χ1) is 14.9. The standard InChI is InChI=1S/C24H22F8/c1-2-3-4-5-6-7-8-16-15-19-13-14-20(16)24(31,32)22(27,28)18-11-9-17(10-12-18)21(25,26)23(19,29)30/h6-7,9-15H,2-5,8H2,1H3/b7-6+. The summed E-state index contributed by atoms with van der Waals surface area (Å²) in [6.07, 6.45) is 5.95. The van der Waals surface area contributed by atoms with Gasteiger partial charge < -0.3 is 0 Å². The minimum atomic E-state index is -4.75. The number of benzene rings is 2. The van der Waals surface area contributed by atoms with Crippen LogP contribution in [-0.4, -0.2) is 0 Å². The third-order valence-corrected chi connectivity index (χ3v) is 5.68. The first kappa shape index (κ1) is 24.3. The van der Waals surface area contributed by atoms with Gasteiger partial charge in [-0.25, -0.2) is 0 Å². The molecule has 4 aliphatic rings. The number of halogens is 8. The molecule has 0 N–H and O–H groups in total. The number of allylic oxidation sites excluding steroid dienone is 2. The van der Waals surface area contributed by atoms with Gasteiger partial charge in [-0.05, 0) is 30.9 Å². The van der Waals surface area contributed by atoms with E-state index in [1.165, 1.54) is 6.08 Å². The van der Waals surface area contributed by atoms with E-state index in [2.05, 4.69) is 0 Å². The molecule has 0 radical (unpaired) electrons. The Morgan fingerprint density at radius 3 is 1.69 bits per heavy atom. The summed E-state index contributed by atoms with van der Waals surface area (Å²) in [5.41, 5.74) is -5.43. The molecule has 0 saturated heterocycles. The molecule has 0 saturated carbocycles. The fourth-order valence-corrected chi connectivity index (χ4v) is 3.71. The highest BCUT2D eigenvalue weighted by molar-refractivity contribution is 5.44. The van der Waals surface area contributed by atoms with Gasteiger partial charge in [-0.2, -0.15) is 35.1 Å². The lowest BCUT2D eigenvalue weighted by molar-refractivity contribution is -0.227. The van der Waals surface area contributed by atoms with Crippen LogP contribution < -0.4 is 0 Å². The monoisotopic (exact) mass is 462 g/mol. The molecule has 0 spiro atoms. The summed E-state index contributed by atoms with van der Waals surface area (Å²) >= 11 is 0. The largest absolute Gasteiger partial charge is 0.340 e. The van der Waals surface area contributed by atoms with Crippen molar-refractivity contribution in [3.63, 3.8) is 0 Å². The molecule has 2 aromatic rings. The highest BCUT2D eigenvalue weighted by Crippen LogP contribution is 2.54. The predicted molar refractivity (Wildman–Crippen MR) is 105 cm³/mol. The van der Waals surface area contributed by atoms with Crippen molar-refractivity contribution < 1.29 is 35.1 Å². The minimum absolute atomic E-state index is 0.334. The smallest absolute Gasteiger partial charge is 0.194 e. The minimum Gasteiger partial charge on any atom is -0.194 e. The van der Waals surface area contributed by atoms with Crippen LogP contribution in [0.4, 0.5) is 35.1 Å². The second-order valence-electron chi connectivity index (χ2n) is 7.92. The number of hydrogen-bond acceptors (Lipinski definition) is 0. The quantitative estimate of drug-likeness (QED) is 0.230. The third-order valence-electron chi connectivity index (χ3n) is 5.68. The summed E-state index contributed by atoms with van der Waals surface area (Å²) in [7, 11) is 0. The topological polar surface area (TPSA) is 0 Å². The van der Waals surface area contributed by atoms with Crippen LogP contribution in [-0.2, 0) is 30.1 Å². The van der Waals surface area contributed by atoms with Crippen LogP contribution in [0.25, 0.3) is 0 Å². The second-order valence-corrected chi connectivity index (χ2v) is 7.92. The molecule has 174 valence electrons. The van der Waals surface area contributed by atoms with Gasteiger partial charge in [0.05, 0.1) is 0 Å². The van der Waals surface area contributed by atoms with E-state index in [4.69, 9.17) is 0 Å². The van der Waals surface area contributed by atoms with Crippen molar-refractivity contribution in [3.05, 3.63) is 82.4 Å². The Labute approximate surface area is 180 Å². The van der Waals surface area contributed by atoms with E-state index in [1.807, 2.05) is 6.92 Å². The average molecular weight is 462 g/mol. The maximum absolute atomic E-state index is 15.0. The lowest BCUT2D eigenvalue weighted by Crippen LogP contribution is -2.39. The Bertz CT molecular complexity index is 974. The summed E-state index contributed by atoms with van der Waals surface area (Å²) in [5, 5.41) is 0. The molecule has 32 heavy (non-hydrogen) atoms. The molecule has 0 aromatic heterocycles. The fourth-order valence-electron chi connectivity index (χ4n) is 3.71. The molecule has 0 atom stereocenters. The van der Waals surface area contributed by atoms with Crippen LogP contribution >= 0.6 is 0 Å². The Hall–Kier alpha value is -2.38. The van der Waals surface area contributed by atoms with Gasteiger partial charge >= 0.3 is 23.7 Å². The number of hydrogen-bond donors (Lipinski definition) is 0. The van der Waals surface area contributed by atoms with Crippen LogP contribution in [0.15, 0.2) is 54.6 Å². The van der Waals surface area contributed by atoms with Crippen LogP contribution in [0.1, 0.15) is 60.4 Å². The maximum atomic E-state index is 15.0. The fraction of sp³-hybridized carbons (Fsp3) is 0.417. The molecule has 4 aliphatic carbocycles. The van der Waals surface area contributed by atoms with Crippen LogP contribution in [0.3, 0.4) is 0 Å². The highest BCUT2D eigenvalue weighted by Gasteiger charge is 2.62. The van der Waals surface area contributed by atoms with E-state index in [-0.39, 0.29) is 6.42 Å². The lowest BCUT2D eigenvalue weighted by atomic mass is 9.85. The van der Waals surface area contributed by atoms with Gasteiger partial charge in [-0.15, -0.1) is 0 Å². The maximum Gasteiger partial charge on any atom is 0.340 e. The Morgan fingerprint density at radius 1 is 0.625 bits per heavy atom. The molecule has 0 fully saturated rings. The molecule has 0 heterocycles. The Balaban J connectivity index is 2.17. The molecular weight excluding hydrogens is 440 g/mol. The molecule has 0 unspecified atom stereocenters. The zero-order chi connectivity index (χ0) is 23.8. The lowest BCUT2D eigenvalue weighted by Gasteiger charge is -2.32. The van der Waals surface area contributed by atoms with Crippen molar-refractivity contribution in [3.8, 4) is 0 Å². The molecule has 6 rings (SSSR count). The van der Waals surface area contributed by atoms with E-state index in [0.717, 1.165) is 19.3 Å². The normalized spacial score (nSPS) is 20.3. The molecule has 0 nitrogen and oxygen atoms in total. The Kier molecular flexibility index (Phi) is 6.46. The summed E-state index contributed by atoms with van der Waals surface area (Å²) in [5.74, 6) is -19.0. The van der Waals surface area contributed by atoms with Gasteiger partial charge in [0.2, 0.25) is 0 Å². The van der Waals surface area contributed by atoms with Gasteiger partial charge in [-0.1, -0.05) is 68.3 Å². The van der Waals surface area contributed by atoms with Crippen LogP contribution in [0.5, 0.6) is 0 Å². The zero-order valence-electron chi connectivity index (χ0n) is 17.3. The molecule has 4 bridgehead atoms. The zero-order valence-corrected chi connectivity index (χ0v) is 17.3. The van der Waals surface area contributed by atoms with E-state index >= 15 is 8.78 Å². The van der Waals surface area contributed by atoms with E-state index < -0.39 is 51.5 Å². The first-order valence-corrected chi connectivity index (χ1v) is 10.3. The Morgan fingerprint density at radius 2 is 1.12 bits per heavy atom. The van der Waals surface area contributed by atoms with Crippen molar-refractivity contribution in [1.29, 1.82) is 0 Å². The van der Waals surface area contributed by atoms with Crippen molar-refractivity contribution in [1.82, 2.24) is 0 Å². The second kappa shape index (κ2) is 8.52. The van der Waals surface area contributed by atoms with Gasteiger partial charge in [0, 0.05) is 22.3 Å². The SMILES string of the molecule is CCCCC/C=C/Cc1cc2ccc1C(F)(F)C(F)(F)c1ccc(cc1)C(F)(F)C2(F)F. The number of alkyl halides is 8. The molecule has 2 aromatic carbocycles. The third kappa shape index (κ3) is 3.92. The van der Waals surface area contributed by atoms with Crippen LogP contribution in [0.2, 0.25) is 0 Å². The summed E-state index contributed by atoms with van der Waals surface area (Å²) in [6, 6.07) is 2.61. The molecule has 0 amide bonds. The number of rotatable bonds is 6. The van der Waals surface area contributed by atoms with Crippen molar-refractivity contribution in [2.24, 2.45) is 0 Å². The van der Waals surface area contributed by atoms with Gasteiger partial charge in [-0.3, -0.25) is 0 Å². The van der Waals surface area contributed by atoms with E-state index in [0.29, 0.717) is 48.9 Å². The predicted octanol–water partition coefficient (Wildman–Crippen LogP) is 8.45. The molecule has 8 heteroatoms. The van der Waals surface area contributed by atoms with Crippen LogP contribution in [0, 0.1) is 0 Å². The summed E-state index contributed by atoms with van der Waals surface area (Å²) < 4.78 is 119. The van der Waals surface area contributed by atoms with Gasteiger partial charge in [0.1, 0.15) is 0 Å². The van der Waals surface area contributed by atoms with Crippen molar-refractivity contribution >= 4 is 0 Å². The highest BCUT2D eigenvalue weighted by atomic mass is 19.3. The molecular formula is C24H22F8. The van der Waals surface area contributed by atoms with Gasteiger partial charge in [0.15, 0.2) is 0 Å².